The molecule has 60 valence electrons. The molecule has 0 atom stereocenters. The summed E-state index contributed by atoms with van der Waals surface area (Å²) in [5.41, 5.74) is 3.24. The summed E-state index contributed by atoms with van der Waals surface area (Å²) in [6, 6.07) is 3.99. The number of aryl methyl sites for hydroxylation is 3. The first-order valence-corrected chi connectivity index (χ1v) is 4.23. The third-order valence-corrected chi connectivity index (χ3v) is 2.48. The van der Waals surface area contributed by atoms with Crippen molar-refractivity contribution in [2.24, 2.45) is 0 Å². The Bertz CT molecular complexity index is 245. The second-order valence-electron chi connectivity index (χ2n) is 2.80. The Morgan fingerprint density at radius 2 is 1.55 bits per heavy atom. The van der Waals surface area contributed by atoms with Crippen LogP contribution in [0.25, 0.3) is 0 Å². The van der Waals surface area contributed by atoms with Gasteiger partial charge in [0.25, 0.3) is 0 Å². The molecule has 0 aliphatic rings. The molecular formula is C9H11FS. The van der Waals surface area contributed by atoms with E-state index in [-0.39, 0.29) is 0 Å². The average molecular weight is 170 g/mol. The van der Waals surface area contributed by atoms with Crippen molar-refractivity contribution in [2.75, 3.05) is 0 Å². The summed E-state index contributed by atoms with van der Waals surface area (Å²) in [6.45, 7) is 5.89. The topological polar surface area (TPSA) is 0 Å². The summed E-state index contributed by atoms with van der Waals surface area (Å²) in [4.78, 5) is 0.760. The maximum absolute atomic E-state index is 12.3. The highest BCUT2D eigenvalue weighted by Gasteiger charge is 2.03. The molecule has 1 aromatic carbocycles. The maximum atomic E-state index is 12.3. The molecule has 1 aromatic rings. The molecule has 0 heterocycles. The molecule has 0 aliphatic carbocycles. The third kappa shape index (κ3) is 1.74. The largest absolute Gasteiger partial charge is 0.160 e. The van der Waals surface area contributed by atoms with E-state index in [9.17, 15) is 3.89 Å². The van der Waals surface area contributed by atoms with Crippen molar-refractivity contribution in [3.8, 4) is 0 Å². The highest BCUT2D eigenvalue weighted by atomic mass is 32.2. The summed E-state index contributed by atoms with van der Waals surface area (Å²) in [7, 11) is 0. The van der Waals surface area contributed by atoms with Gasteiger partial charge in [0.05, 0.1) is 12.1 Å². The van der Waals surface area contributed by atoms with Gasteiger partial charge >= 0.3 is 0 Å². The smallest absolute Gasteiger partial charge is 0.0817 e. The van der Waals surface area contributed by atoms with E-state index < -0.39 is 0 Å². The molecule has 0 spiro atoms. The van der Waals surface area contributed by atoms with Crippen LogP contribution in [-0.2, 0) is 0 Å². The molecule has 0 bridgehead atoms. The number of halogens is 1. The minimum Gasteiger partial charge on any atom is -0.160 e. The minimum atomic E-state index is 0.331. The van der Waals surface area contributed by atoms with Gasteiger partial charge in [-0.2, -0.15) is 3.89 Å². The van der Waals surface area contributed by atoms with Crippen molar-refractivity contribution in [1.29, 1.82) is 0 Å². The molecule has 0 nitrogen and oxygen atoms in total. The quantitative estimate of drug-likeness (QED) is 0.620. The Labute approximate surface area is 71.1 Å². The molecule has 0 saturated heterocycles. The van der Waals surface area contributed by atoms with E-state index in [1.165, 1.54) is 5.56 Å². The maximum Gasteiger partial charge on any atom is 0.0817 e. The predicted molar refractivity (Wildman–Crippen MR) is 47.6 cm³/mol. The highest BCUT2D eigenvalue weighted by Crippen LogP contribution is 2.27. The summed E-state index contributed by atoms with van der Waals surface area (Å²) < 4.78 is 12.3. The van der Waals surface area contributed by atoms with Crippen LogP contribution >= 0.6 is 12.1 Å². The summed E-state index contributed by atoms with van der Waals surface area (Å²) >= 11 is 0.331. The van der Waals surface area contributed by atoms with E-state index in [1.807, 2.05) is 32.9 Å². The van der Waals surface area contributed by atoms with Gasteiger partial charge in [-0.3, -0.25) is 0 Å². The van der Waals surface area contributed by atoms with E-state index in [0.29, 0.717) is 12.1 Å². The molecular weight excluding hydrogens is 159 g/mol. The lowest BCUT2D eigenvalue weighted by Crippen LogP contribution is -1.85. The Balaban J connectivity index is 3.25. The van der Waals surface area contributed by atoms with Crippen molar-refractivity contribution in [3.05, 3.63) is 28.8 Å². The zero-order chi connectivity index (χ0) is 8.43. The Kier molecular flexibility index (Phi) is 2.55. The standard InChI is InChI=1S/C9H11FS/c1-6-4-7(2)9(11-10)8(3)5-6/h4-5H,1-3H3. The fourth-order valence-corrected chi connectivity index (χ4v) is 1.65. The lowest BCUT2D eigenvalue weighted by atomic mass is 10.1. The van der Waals surface area contributed by atoms with Gasteiger partial charge in [-0.05, 0) is 31.9 Å². The number of hydrogen-bond donors (Lipinski definition) is 0. The predicted octanol–water partition coefficient (Wildman–Crippen LogP) is 3.59. The zero-order valence-corrected chi connectivity index (χ0v) is 7.76. The molecule has 0 amide bonds. The molecule has 0 radical (unpaired) electrons. The van der Waals surface area contributed by atoms with Crippen LogP contribution in [0.1, 0.15) is 16.7 Å². The second kappa shape index (κ2) is 3.26. The molecule has 0 saturated carbocycles. The van der Waals surface area contributed by atoms with Crippen molar-refractivity contribution in [2.45, 2.75) is 25.7 Å². The van der Waals surface area contributed by atoms with Crippen molar-refractivity contribution >= 4 is 12.1 Å². The van der Waals surface area contributed by atoms with Crippen LogP contribution in [0.2, 0.25) is 0 Å². The molecule has 11 heavy (non-hydrogen) atoms. The van der Waals surface area contributed by atoms with Crippen LogP contribution in [-0.4, -0.2) is 0 Å². The first kappa shape index (κ1) is 8.60. The molecule has 0 unspecified atom stereocenters. The molecule has 0 fully saturated rings. The van der Waals surface area contributed by atoms with Gasteiger partial charge in [-0.15, -0.1) is 0 Å². The van der Waals surface area contributed by atoms with E-state index in [0.717, 1.165) is 16.0 Å². The van der Waals surface area contributed by atoms with Gasteiger partial charge in [-0.1, -0.05) is 17.7 Å². The molecule has 2 heteroatoms. The van der Waals surface area contributed by atoms with Gasteiger partial charge in [0.1, 0.15) is 0 Å². The monoisotopic (exact) mass is 170 g/mol. The molecule has 0 N–H and O–H groups in total. The first-order valence-electron chi connectivity index (χ1n) is 3.51. The number of hydrogen-bond acceptors (Lipinski definition) is 1. The van der Waals surface area contributed by atoms with Gasteiger partial charge in [0, 0.05) is 4.90 Å². The third-order valence-electron chi connectivity index (χ3n) is 1.68. The normalized spacial score (nSPS) is 10.2. The van der Waals surface area contributed by atoms with Gasteiger partial charge in [-0.25, -0.2) is 0 Å². The number of rotatable bonds is 1. The summed E-state index contributed by atoms with van der Waals surface area (Å²) in [5.74, 6) is 0. The highest BCUT2D eigenvalue weighted by molar-refractivity contribution is 7.94. The molecule has 1 rings (SSSR count). The summed E-state index contributed by atoms with van der Waals surface area (Å²) in [6.07, 6.45) is 0. The average Bonchev–Trinajstić information content (AvgIpc) is 1.85. The molecule has 0 aromatic heterocycles. The van der Waals surface area contributed by atoms with Crippen molar-refractivity contribution in [1.82, 2.24) is 0 Å². The van der Waals surface area contributed by atoms with E-state index in [1.54, 1.807) is 0 Å². The van der Waals surface area contributed by atoms with E-state index in [2.05, 4.69) is 0 Å². The SMILES string of the molecule is Cc1cc(C)c(SF)c(C)c1. The van der Waals surface area contributed by atoms with Gasteiger partial charge in [0.2, 0.25) is 0 Å². The van der Waals surface area contributed by atoms with Crippen LogP contribution < -0.4 is 0 Å². The molecule has 0 aliphatic heterocycles. The van der Waals surface area contributed by atoms with E-state index >= 15 is 0 Å². The van der Waals surface area contributed by atoms with E-state index in [4.69, 9.17) is 0 Å². The number of benzene rings is 1. The summed E-state index contributed by atoms with van der Waals surface area (Å²) in [5, 5.41) is 0. The second-order valence-corrected chi connectivity index (χ2v) is 3.37. The van der Waals surface area contributed by atoms with Crippen LogP contribution in [0.3, 0.4) is 0 Å². The van der Waals surface area contributed by atoms with Crippen LogP contribution in [0.5, 0.6) is 0 Å². The van der Waals surface area contributed by atoms with Gasteiger partial charge < -0.3 is 0 Å². The van der Waals surface area contributed by atoms with Crippen LogP contribution in [0.15, 0.2) is 17.0 Å². The first-order chi connectivity index (χ1) is 5.15. The Hall–Kier alpha value is -0.500. The van der Waals surface area contributed by atoms with Crippen LogP contribution in [0.4, 0.5) is 3.89 Å². The Morgan fingerprint density at radius 1 is 1.09 bits per heavy atom. The fourth-order valence-electron chi connectivity index (χ4n) is 1.29. The van der Waals surface area contributed by atoms with Crippen molar-refractivity contribution in [3.63, 3.8) is 0 Å². The van der Waals surface area contributed by atoms with Crippen LogP contribution in [0, 0.1) is 20.8 Å². The minimum absolute atomic E-state index is 0.331. The fraction of sp³-hybridized carbons (Fsp3) is 0.333. The van der Waals surface area contributed by atoms with Crippen molar-refractivity contribution < 1.29 is 3.89 Å². The lowest BCUT2D eigenvalue weighted by molar-refractivity contribution is 0.928. The Morgan fingerprint density at radius 3 is 1.91 bits per heavy atom. The zero-order valence-electron chi connectivity index (χ0n) is 6.94. The lowest BCUT2D eigenvalue weighted by Gasteiger charge is -2.05. The van der Waals surface area contributed by atoms with Gasteiger partial charge in [0.15, 0.2) is 0 Å².